The zero-order valence-corrected chi connectivity index (χ0v) is 7.53. The van der Waals surface area contributed by atoms with Crippen molar-refractivity contribution in [3.8, 4) is 0 Å². The van der Waals surface area contributed by atoms with Crippen molar-refractivity contribution in [2.24, 2.45) is 0 Å². The first-order valence-corrected chi connectivity index (χ1v) is 3.94. The second-order valence-electron chi connectivity index (χ2n) is 2.24. The van der Waals surface area contributed by atoms with E-state index in [-0.39, 0.29) is 18.9 Å². The van der Waals surface area contributed by atoms with E-state index in [4.69, 9.17) is 5.11 Å². The standard InChI is InChI=1S/C9H15NO2/c1-3-6-10(7-4-2)9(12)5-8-11/h3-4,6-7,11H,5,8H2,1-2H3. The molecule has 0 saturated heterocycles. The molecule has 12 heavy (non-hydrogen) atoms. The molecular weight excluding hydrogens is 154 g/mol. The van der Waals surface area contributed by atoms with E-state index in [9.17, 15) is 4.79 Å². The molecule has 0 aromatic rings. The molecule has 0 heterocycles. The molecule has 1 amide bonds. The van der Waals surface area contributed by atoms with Crippen molar-refractivity contribution in [2.45, 2.75) is 20.3 Å². The van der Waals surface area contributed by atoms with Gasteiger partial charge < -0.3 is 5.11 Å². The Hall–Kier alpha value is -1.09. The zero-order valence-electron chi connectivity index (χ0n) is 7.53. The van der Waals surface area contributed by atoms with E-state index in [1.807, 2.05) is 13.8 Å². The van der Waals surface area contributed by atoms with Gasteiger partial charge in [-0.3, -0.25) is 9.69 Å². The fraction of sp³-hybridized carbons (Fsp3) is 0.444. The van der Waals surface area contributed by atoms with Crippen molar-refractivity contribution in [3.05, 3.63) is 24.6 Å². The third-order valence-electron chi connectivity index (χ3n) is 1.23. The summed E-state index contributed by atoms with van der Waals surface area (Å²) in [4.78, 5) is 12.6. The molecular formula is C9H15NO2. The molecule has 68 valence electrons. The molecule has 0 aliphatic rings. The van der Waals surface area contributed by atoms with Gasteiger partial charge in [0.25, 0.3) is 0 Å². The normalized spacial score (nSPS) is 11.2. The molecule has 0 aliphatic carbocycles. The van der Waals surface area contributed by atoms with Crippen molar-refractivity contribution in [1.82, 2.24) is 4.90 Å². The molecule has 3 heteroatoms. The van der Waals surface area contributed by atoms with E-state index in [1.54, 1.807) is 24.6 Å². The Balaban J connectivity index is 4.18. The fourth-order valence-electron chi connectivity index (χ4n) is 0.762. The number of rotatable bonds is 4. The SMILES string of the molecule is CC=CN(C=CC)C(=O)CCO. The van der Waals surface area contributed by atoms with Crippen LogP contribution in [0, 0.1) is 0 Å². The first kappa shape index (κ1) is 10.9. The summed E-state index contributed by atoms with van der Waals surface area (Å²) >= 11 is 0. The van der Waals surface area contributed by atoms with Gasteiger partial charge in [0, 0.05) is 12.4 Å². The van der Waals surface area contributed by atoms with Gasteiger partial charge in [0.2, 0.25) is 5.91 Å². The smallest absolute Gasteiger partial charge is 0.232 e. The number of aliphatic hydroxyl groups excluding tert-OH is 1. The van der Waals surface area contributed by atoms with Crippen LogP contribution in [-0.4, -0.2) is 22.5 Å². The van der Waals surface area contributed by atoms with E-state index in [0.717, 1.165) is 0 Å². The maximum atomic E-state index is 11.2. The Labute approximate surface area is 73.0 Å². The van der Waals surface area contributed by atoms with Crippen LogP contribution in [0.25, 0.3) is 0 Å². The van der Waals surface area contributed by atoms with Crippen molar-refractivity contribution >= 4 is 5.91 Å². The zero-order chi connectivity index (χ0) is 9.40. The number of nitrogens with zero attached hydrogens (tertiary/aromatic N) is 1. The van der Waals surface area contributed by atoms with Crippen molar-refractivity contribution in [3.63, 3.8) is 0 Å². The van der Waals surface area contributed by atoms with Gasteiger partial charge in [-0.25, -0.2) is 0 Å². The Kier molecular flexibility index (Phi) is 6.01. The number of hydrogen-bond donors (Lipinski definition) is 1. The lowest BCUT2D eigenvalue weighted by molar-refractivity contribution is -0.127. The molecule has 1 N–H and O–H groups in total. The minimum absolute atomic E-state index is 0.103. The highest BCUT2D eigenvalue weighted by atomic mass is 16.3. The van der Waals surface area contributed by atoms with Crippen LogP contribution in [0.15, 0.2) is 24.6 Å². The van der Waals surface area contributed by atoms with Crippen LogP contribution in [0.5, 0.6) is 0 Å². The van der Waals surface area contributed by atoms with E-state index < -0.39 is 0 Å². The van der Waals surface area contributed by atoms with Crippen LogP contribution < -0.4 is 0 Å². The molecule has 0 aromatic carbocycles. The van der Waals surface area contributed by atoms with Gasteiger partial charge in [-0.15, -0.1) is 0 Å². The van der Waals surface area contributed by atoms with Gasteiger partial charge in [-0.05, 0) is 13.8 Å². The van der Waals surface area contributed by atoms with Gasteiger partial charge in [0.05, 0.1) is 13.0 Å². The first-order valence-electron chi connectivity index (χ1n) is 3.94. The second kappa shape index (κ2) is 6.61. The average Bonchev–Trinajstić information content (AvgIpc) is 2.04. The molecule has 0 radical (unpaired) electrons. The number of amides is 1. The highest BCUT2D eigenvalue weighted by Crippen LogP contribution is 1.96. The molecule has 3 nitrogen and oxygen atoms in total. The number of hydrogen-bond acceptors (Lipinski definition) is 2. The summed E-state index contributed by atoms with van der Waals surface area (Å²) in [7, 11) is 0. The summed E-state index contributed by atoms with van der Waals surface area (Å²) in [5, 5.41) is 8.53. The van der Waals surface area contributed by atoms with Crippen LogP contribution >= 0.6 is 0 Å². The van der Waals surface area contributed by atoms with E-state index in [0.29, 0.717) is 0 Å². The largest absolute Gasteiger partial charge is 0.396 e. The molecule has 0 unspecified atom stereocenters. The van der Waals surface area contributed by atoms with Crippen molar-refractivity contribution in [1.29, 1.82) is 0 Å². The van der Waals surface area contributed by atoms with E-state index in [2.05, 4.69) is 0 Å². The van der Waals surface area contributed by atoms with E-state index in [1.165, 1.54) is 4.90 Å². The lowest BCUT2D eigenvalue weighted by atomic mass is 10.4. The Morgan fingerprint density at radius 3 is 2.17 bits per heavy atom. The monoisotopic (exact) mass is 169 g/mol. The summed E-state index contributed by atoms with van der Waals surface area (Å²) in [6.07, 6.45) is 7.04. The van der Waals surface area contributed by atoms with E-state index >= 15 is 0 Å². The summed E-state index contributed by atoms with van der Waals surface area (Å²) in [5.41, 5.74) is 0. The number of allylic oxidation sites excluding steroid dienone is 2. The summed E-state index contributed by atoms with van der Waals surface area (Å²) in [5.74, 6) is -0.103. The van der Waals surface area contributed by atoms with Gasteiger partial charge >= 0.3 is 0 Å². The number of carbonyl (C=O) groups excluding carboxylic acids is 1. The van der Waals surface area contributed by atoms with Crippen LogP contribution in [0.4, 0.5) is 0 Å². The molecule has 0 saturated carbocycles. The highest BCUT2D eigenvalue weighted by molar-refractivity contribution is 5.78. The maximum absolute atomic E-state index is 11.2. The fourth-order valence-corrected chi connectivity index (χ4v) is 0.762. The number of aliphatic hydroxyl groups is 1. The maximum Gasteiger partial charge on any atom is 0.232 e. The Morgan fingerprint density at radius 1 is 1.33 bits per heavy atom. The predicted octanol–water partition coefficient (Wildman–Crippen LogP) is 1.26. The van der Waals surface area contributed by atoms with Gasteiger partial charge in [-0.2, -0.15) is 0 Å². The van der Waals surface area contributed by atoms with Crippen LogP contribution in [0.3, 0.4) is 0 Å². The average molecular weight is 169 g/mol. The Bertz CT molecular complexity index is 173. The van der Waals surface area contributed by atoms with Gasteiger partial charge in [0.15, 0.2) is 0 Å². The first-order chi connectivity index (χ1) is 5.76. The van der Waals surface area contributed by atoms with Gasteiger partial charge in [-0.1, -0.05) is 12.2 Å². The highest BCUT2D eigenvalue weighted by Gasteiger charge is 2.04. The Morgan fingerprint density at radius 2 is 1.83 bits per heavy atom. The molecule has 0 spiro atoms. The van der Waals surface area contributed by atoms with Crippen molar-refractivity contribution in [2.75, 3.05) is 6.61 Å². The minimum Gasteiger partial charge on any atom is -0.396 e. The third kappa shape index (κ3) is 3.93. The molecule has 0 rings (SSSR count). The second-order valence-corrected chi connectivity index (χ2v) is 2.24. The lowest BCUT2D eigenvalue weighted by Gasteiger charge is -2.11. The van der Waals surface area contributed by atoms with Crippen molar-refractivity contribution < 1.29 is 9.90 Å². The molecule has 0 aromatic heterocycles. The molecule has 0 fully saturated rings. The number of carbonyl (C=O) groups is 1. The molecule has 0 aliphatic heterocycles. The lowest BCUT2D eigenvalue weighted by Crippen LogP contribution is -2.20. The predicted molar refractivity (Wildman–Crippen MR) is 48.2 cm³/mol. The van der Waals surface area contributed by atoms with Crippen LogP contribution in [-0.2, 0) is 4.79 Å². The summed E-state index contributed by atoms with van der Waals surface area (Å²) in [6.45, 7) is 3.57. The van der Waals surface area contributed by atoms with Gasteiger partial charge in [0.1, 0.15) is 0 Å². The summed E-state index contributed by atoms with van der Waals surface area (Å²) in [6, 6.07) is 0. The van der Waals surface area contributed by atoms with Crippen LogP contribution in [0.2, 0.25) is 0 Å². The molecule has 0 atom stereocenters. The molecule has 0 bridgehead atoms. The topological polar surface area (TPSA) is 40.5 Å². The summed E-state index contributed by atoms with van der Waals surface area (Å²) < 4.78 is 0. The third-order valence-corrected chi connectivity index (χ3v) is 1.23. The minimum atomic E-state index is -0.107. The quantitative estimate of drug-likeness (QED) is 0.688. The van der Waals surface area contributed by atoms with Crippen LogP contribution in [0.1, 0.15) is 20.3 Å².